The Kier molecular flexibility index (Phi) is 5.85. The van der Waals surface area contributed by atoms with Crippen LogP contribution in [0.25, 0.3) is 0 Å². The molecule has 1 aliphatic heterocycles. The van der Waals surface area contributed by atoms with Gasteiger partial charge in [-0.1, -0.05) is 18.2 Å². The first kappa shape index (κ1) is 21.0. The number of ether oxygens (including phenoxy) is 1. The number of amides is 2. The van der Waals surface area contributed by atoms with E-state index in [1.165, 1.54) is 29.2 Å². The zero-order valence-electron chi connectivity index (χ0n) is 17.4. The molecule has 0 spiro atoms. The van der Waals surface area contributed by atoms with Crippen LogP contribution in [-0.4, -0.2) is 23.3 Å². The summed E-state index contributed by atoms with van der Waals surface area (Å²) in [6.07, 6.45) is 0.0807. The molecule has 1 aliphatic rings. The van der Waals surface area contributed by atoms with Crippen molar-refractivity contribution in [3.05, 3.63) is 88.5 Å². The number of non-ortho nitro benzene ring substituents is 1. The highest BCUT2D eigenvalue weighted by atomic mass is 16.6. The van der Waals surface area contributed by atoms with Crippen LogP contribution < -0.4 is 15.0 Å². The molecule has 162 valence electrons. The van der Waals surface area contributed by atoms with Gasteiger partial charge in [-0.15, -0.1) is 0 Å². The minimum atomic E-state index is -0.513. The van der Waals surface area contributed by atoms with Crippen molar-refractivity contribution >= 4 is 28.9 Å². The predicted molar refractivity (Wildman–Crippen MR) is 120 cm³/mol. The molecule has 1 fully saturated rings. The van der Waals surface area contributed by atoms with Crippen molar-refractivity contribution in [2.75, 3.05) is 16.8 Å². The molecule has 0 saturated carbocycles. The summed E-state index contributed by atoms with van der Waals surface area (Å²) in [6, 6.07) is 20.5. The summed E-state index contributed by atoms with van der Waals surface area (Å²) in [5, 5.41) is 13.6. The van der Waals surface area contributed by atoms with Crippen LogP contribution in [-0.2, 0) is 9.59 Å². The van der Waals surface area contributed by atoms with Gasteiger partial charge < -0.3 is 15.0 Å². The van der Waals surface area contributed by atoms with Crippen molar-refractivity contribution in [1.29, 1.82) is 0 Å². The molecule has 2 amide bonds. The summed E-state index contributed by atoms with van der Waals surface area (Å²) in [5.74, 6) is 0.453. The van der Waals surface area contributed by atoms with Crippen LogP contribution in [0, 0.1) is 23.0 Å². The number of hydrogen-bond donors (Lipinski definition) is 1. The van der Waals surface area contributed by atoms with E-state index >= 15 is 0 Å². The van der Waals surface area contributed by atoms with Crippen molar-refractivity contribution in [1.82, 2.24) is 0 Å². The number of benzene rings is 3. The van der Waals surface area contributed by atoms with Gasteiger partial charge in [0, 0.05) is 36.5 Å². The Bertz CT molecular complexity index is 1160. The fourth-order valence-corrected chi connectivity index (χ4v) is 3.54. The first-order chi connectivity index (χ1) is 15.4. The van der Waals surface area contributed by atoms with Crippen LogP contribution in [0.4, 0.5) is 17.1 Å². The van der Waals surface area contributed by atoms with E-state index in [0.717, 1.165) is 11.3 Å². The average molecular weight is 431 g/mol. The van der Waals surface area contributed by atoms with Gasteiger partial charge in [-0.3, -0.25) is 19.7 Å². The van der Waals surface area contributed by atoms with E-state index in [1.807, 2.05) is 31.2 Å². The molecule has 8 nitrogen and oxygen atoms in total. The number of nitro benzene ring substituents is 1. The fourth-order valence-electron chi connectivity index (χ4n) is 3.54. The van der Waals surface area contributed by atoms with Gasteiger partial charge in [0.2, 0.25) is 11.8 Å². The zero-order valence-corrected chi connectivity index (χ0v) is 17.4. The summed E-state index contributed by atoms with van der Waals surface area (Å²) < 4.78 is 5.86. The first-order valence-electron chi connectivity index (χ1n) is 10.1. The third-order valence-corrected chi connectivity index (χ3v) is 5.31. The van der Waals surface area contributed by atoms with Gasteiger partial charge in [-0.25, -0.2) is 0 Å². The molecule has 0 aliphatic carbocycles. The molecule has 1 heterocycles. The van der Waals surface area contributed by atoms with Crippen molar-refractivity contribution in [3.8, 4) is 11.5 Å². The van der Waals surface area contributed by atoms with E-state index in [2.05, 4.69) is 5.32 Å². The Morgan fingerprint density at radius 1 is 1.06 bits per heavy atom. The van der Waals surface area contributed by atoms with Crippen molar-refractivity contribution in [3.63, 3.8) is 0 Å². The van der Waals surface area contributed by atoms with Gasteiger partial charge in [0.1, 0.15) is 11.5 Å². The Labute approximate surface area is 184 Å². The lowest BCUT2D eigenvalue weighted by atomic mass is 10.1. The quantitative estimate of drug-likeness (QED) is 0.451. The minimum Gasteiger partial charge on any atom is -0.457 e. The van der Waals surface area contributed by atoms with E-state index in [-0.39, 0.29) is 30.5 Å². The summed E-state index contributed by atoms with van der Waals surface area (Å²) >= 11 is 0. The van der Waals surface area contributed by atoms with Crippen molar-refractivity contribution in [2.45, 2.75) is 13.3 Å². The number of nitrogens with one attached hydrogen (secondary N) is 1. The molecule has 32 heavy (non-hydrogen) atoms. The standard InChI is InChI=1S/C24H21N3O5/c1-16-4-2-3-5-22(16)32-21-12-6-18(7-13-21)25-24(29)17-14-23(28)26(15-17)19-8-10-20(11-9-19)27(30)31/h2-13,17H,14-15H2,1H3,(H,25,29)/t17-/m1/s1. The van der Waals surface area contributed by atoms with Gasteiger partial charge in [0.25, 0.3) is 5.69 Å². The molecular weight excluding hydrogens is 410 g/mol. The topological polar surface area (TPSA) is 102 Å². The molecule has 1 N–H and O–H groups in total. The predicted octanol–water partition coefficient (Wildman–Crippen LogP) is 4.69. The smallest absolute Gasteiger partial charge is 0.269 e. The highest BCUT2D eigenvalue weighted by Gasteiger charge is 2.35. The number of aryl methyl sites for hydroxylation is 1. The second-order valence-electron chi connectivity index (χ2n) is 7.56. The number of carbonyl (C=O) groups is 2. The maximum absolute atomic E-state index is 12.7. The highest BCUT2D eigenvalue weighted by Crippen LogP contribution is 2.29. The molecule has 1 atom stereocenters. The number of carbonyl (C=O) groups excluding carboxylic acids is 2. The molecule has 0 unspecified atom stereocenters. The SMILES string of the molecule is Cc1ccccc1Oc1ccc(NC(=O)[C@@H]2CC(=O)N(c3ccc([N+](=O)[O-])cc3)C2)cc1. The molecule has 1 saturated heterocycles. The number of rotatable bonds is 6. The first-order valence-corrected chi connectivity index (χ1v) is 10.1. The van der Waals surface area contributed by atoms with Crippen molar-refractivity contribution < 1.29 is 19.2 Å². The van der Waals surface area contributed by atoms with Crippen LogP contribution in [0.1, 0.15) is 12.0 Å². The lowest BCUT2D eigenvalue weighted by Crippen LogP contribution is -2.28. The third kappa shape index (κ3) is 4.59. The van der Waals surface area contributed by atoms with Crippen LogP contribution in [0.5, 0.6) is 11.5 Å². The molecule has 0 aromatic heterocycles. The van der Waals surface area contributed by atoms with Crippen LogP contribution in [0.2, 0.25) is 0 Å². The van der Waals surface area contributed by atoms with E-state index < -0.39 is 10.8 Å². The van der Waals surface area contributed by atoms with E-state index in [9.17, 15) is 19.7 Å². The molecular formula is C24H21N3O5. The summed E-state index contributed by atoms with van der Waals surface area (Å²) in [6.45, 7) is 2.18. The second-order valence-corrected chi connectivity index (χ2v) is 7.56. The summed E-state index contributed by atoms with van der Waals surface area (Å²) in [5.41, 5.74) is 2.11. The summed E-state index contributed by atoms with van der Waals surface area (Å²) in [7, 11) is 0. The van der Waals surface area contributed by atoms with Gasteiger partial charge >= 0.3 is 0 Å². The maximum Gasteiger partial charge on any atom is 0.269 e. The number of nitrogens with zero attached hydrogens (tertiary/aromatic N) is 2. The molecule has 0 bridgehead atoms. The largest absolute Gasteiger partial charge is 0.457 e. The van der Waals surface area contributed by atoms with Crippen LogP contribution in [0.3, 0.4) is 0 Å². The lowest BCUT2D eigenvalue weighted by Gasteiger charge is -2.16. The Morgan fingerprint density at radius 2 is 1.75 bits per heavy atom. The second kappa shape index (κ2) is 8.89. The van der Waals surface area contributed by atoms with Crippen LogP contribution >= 0.6 is 0 Å². The van der Waals surface area contributed by atoms with E-state index in [1.54, 1.807) is 24.3 Å². The van der Waals surface area contributed by atoms with E-state index in [4.69, 9.17) is 4.74 Å². The highest BCUT2D eigenvalue weighted by molar-refractivity contribution is 6.03. The number of hydrogen-bond acceptors (Lipinski definition) is 5. The van der Waals surface area contributed by atoms with E-state index in [0.29, 0.717) is 17.1 Å². The molecule has 0 radical (unpaired) electrons. The lowest BCUT2D eigenvalue weighted by molar-refractivity contribution is -0.384. The Balaban J connectivity index is 1.37. The molecule has 4 rings (SSSR count). The number of nitro groups is 1. The van der Waals surface area contributed by atoms with Gasteiger partial charge in [-0.05, 0) is 55.0 Å². The Hall–Kier alpha value is -4.20. The van der Waals surface area contributed by atoms with Gasteiger partial charge in [0.15, 0.2) is 0 Å². The van der Waals surface area contributed by atoms with Gasteiger partial charge in [0.05, 0.1) is 10.8 Å². The normalized spacial score (nSPS) is 15.5. The van der Waals surface area contributed by atoms with Gasteiger partial charge in [-0.2, -0.15) is 0 Å². The third-order valence-electron chi connectivity index (χ3n) is 5.31. The summed E-state index contributed by atoms with van der Waals surface area (Å²) in [4.78, 5) is 36.9. The molecule has 3 aromatic carbocycles. The number of para-hydroxylation sites is 1. The Morgan fingerprint density at radius 3 is 2.41 bits per heavy atom. The van der Waals surface area contributed by atoms with Crippen molar-refractivity contribution in [2.24, 2.45) is 5.92 Å². The fraction of sp³-hybridized carbons (Fsp3) is 0.167. The molecule has 3 aromatic rings. The average Bonchev–Trinajstić information content (AvgIpc) is 3.18. The monoisotopic (exact) mass is 431 g/mol. The maximum atomic E-state index is 12.7. The number of anilines is 2. The zero-order chi connectivity index (χ0) is 22.7. The minimum absolute atomic E-state index is 0.0514. The molecule has 8 heteroatoms. The van der Waals surface area contributed by atoms with Crippen LogP contribution in [0.15, 0.2) is 72.8 Å².